The second-order valence-electron chi connectivity index (χ2n) is 7.02. The van der Waals surface area contributed by atoms with Crippen LogP contribution in [0.25, 0.3) is 6.08 Å². The van der Waals surface area contributed by atoms with E-state index in [4.69, 9.17) is 4.74 Å². The number of likely N-dealkylation sites (tertiary alicyclic amines) is 1. The molecule has 2 amide bonds. The van der Waals surface area contributed by atoms with E-state index in [-0.39, 0.29) is 24.5 Å². The molecule has 2 saturated heterocycles. The van der Waals surface area contributed by atoms with E-state index < -0.39 is 0 Å². The number of carbonyl (C=O) groups excluding carboxylic acids is 2. The molecule has 1 aromatic rings. The molecule has 0 saturated carbocycles. The number of nitrogens with zero attached hydrogens (tertiary/aromatic N) is 2. The van der Waals surface area contributed by atoms with E-state index in [0.717, 1.165) is 37.9 Å². The van der Waals surface area contributed by atoms with Crippen LogP contribution >= 0.6 is 0 Å². The van der Waals surface area contributed by atoms with Gasteiger partial charge in [-0.3, -0.25) is 9.59 Å². The number of benzene rings is 1. The van der Waals surface area contributed by atoms with Crippen molar-refractivity contribution >= 4 is 17.9 Å². The molecule has 0 aromatic heterocycles. The third kappa shape index (κ3) is 5.43. The molecule has 2 aliphatic heterocycles. The summed E-state index contributed by atoms with van der Waals surface area (Å²) in [7, 11) is 0. The van der Waals surface area contributed by atoms with Gasteiger partial charge >= 0.3 is 0 Å². The first kappa shape index (κ1) is 18.6. The Hall–Kier alpha value is -2.14. The summed E-state index contributed by atoms with van der Waals surface area (Å²) in [5.41, 5.74) is 1.11. The fourth-order valence-electron chi connectivity index (χ4n) is 3.48. The molecule has 2 aliphatic rings. The number of hydrogen-bond acceptors (Lipinski definition) is 3. The summed E-state index contributed by atoms with van der Waals surface area (Å²) < 4.78 is 5.71. The Balaban J connectivity index is 1.60. The SMILES string of the molecule is O=C1CCCCN1CC(=O)N(C/C=C/c1ccccc1)C[C@H]1CCCO1. The second kappa shape index (κ2) is 9.53. The maximum absolute atomic E-state index is 12.8. The van der Waals surface area contributed by atoms with Gasteiger partial charge in [-0.25, -0.2) is 0 Å². The molecule has 140 valence electrons. The van der Waals surface area contributed by atoms with Gasteiger partial charge in [-0.1, -0.05) is 42.5 Å². The predicted molar refractivity (Wildman–Crippen MR) is 101 cm³/mol. The first-order valence-electron chi connectivity index (χ1n) is 9.61. The van der Waals surface area contributed by atoms with Gasteiger partial charge in [0.05, 0.1) is 12.6 Å². The van der Waals surface area contributed by atoms with Crippen LogP contribution in [0.15, 0.2) is 36.4 Å². The average molecular weight is 356 g/mol. The molecule has 2 heterocycles. The molecule has 0 bridgehead atoms. The van der Waals surface area contributed by atoms with Crippen LogP contribution in [0.3, 0.4) is 0 Å². The molecular formula is C21H28N2O3. The summed E-state index contributed by atoms with van der Waals surface area (Å²) in [5, 5.41) is 0. The van der Waals surface area contributed by atoms with E-state index in [1.807, 2.05) is 47.4 Å². The van der Waals surface area contributed by atoms with E-state index in [1.165, 1.54) is 0 Å². The number of ether oxygens (including phenoxy) is 1. The predicted octanol–water partition coefficient (Wildman–Crippen LogP) is 2.72. The second-order valence-corrected chi connectivity index (χ2v) is 7.02. The van der Waals surface area contributed by atoms with E-state index in [0.29, 0.717) is 26.1 Å². The molecule has 5 nitrogen and oxygen atoms in total. The molecule has 0 radical (unpaired) electrons. The van der Waals surface area contributed by atoms with Crippen molar-refractivity contribution in [2.45, 2.75) is 38.2 Å². The van der Waals surface area contributed by atoms with Crippen LogP contribution in [-0.2, 0) is 14.3 Å². The van der Waals surface area contributed by atoms with Gasteiger partial charge in [0.1, 0.15) is 0 Å². The standard InChI is InChI=1S/C21H28N2O3/c24-20-12-4-5-13-23(20)17-21(25)22(16-19-11-7-15-26-19)14-6-10-18-8-2-1-3-9-18/h1-3,6,8-10,19H,4-5,7,11-17H2/b10-6+/t19-/m1/s1. The Morgan fingerprint density at radius 3 is 2.81 bits per heavy atom. The number of hydrogen-bond donors (Lipinski definition) is 0. The highest BCUT2D eigenvalue weighted by atomic mass is 16.5. The van der Waals surface area contributed by atoms with E-state index in [9.17, 15) is 9.59 Å². The van der Waals surface area contributed by atoms with Crippen molar-refractivity contribution in [3.05, 3.63) is 42.0 Å². The number of rotatable bonds is 7. The number of piperidine rings is 1. The van der Waals surface area contributed by atoms with Gasteiger partial charge < -0.3 is 14.5 Å². The average Bonchev–Trinajstić information content (AvgIpc) is 3.17. The van der Waals surface area contributed by atoms with Crippen LogP contribution in [0.4, 0.5) is 0 Å². The summed E-state index contributed by atoms with van der Waals surface area (Å²) in [6.45, 7) is 2.79. The molecule has 26 heavy (non-hydrogen) atoms. The van der Waals surface area contributed by atoms with Gasteiger partial charge in [0.25, 0.3) is 0 Å². The minimum Gasteiger partial charge on any atom is -0.376 e. The third-order valence-electron chi connectivity index (χ3n) is 4.98. The normalized spacial score (nSPS) is 20.7. The van der Waals surface area contributed by atoms with Gasteiger partial charge in [-0.05, 0) is 31.2 Å². The van der Waals surface area contributed by atoms with Crippen LogP contribution < -0.4 is 0 Å². The zero-order valence-electron chi connectivity index (χ0n) is 15.3. The highest BCUT2D eigenvalue weighted by Crippen LogP contribution is 2.15. The minimum absolute atomic E-state index is 0.00783. The molecule has 0 N–H and O–H groups in total. The minimum atomic E-state index is 0.00783. The lowest BCUT2D eigenvalue weighted by atomic mass is 10.1. The van der Waals surface area contributed by atoms with Crippen molar-refractivity contribution < 1.29 is 14.3 Å². The van der Waals surface area contributed by atoms with Crippen molar-refractivity contribution in [2.75, 3.05) is 32.8 Å². The monoisotopic (exact) mass is 356 g/mol. The summed E-state index contributed by atoms with van der Waals surface area (Å²) in [6, 6.07) is 10.1. The first-order valence-corrected chi connectivity index (χ1v) is 9.61. The Morgan fingerprint density at radius 1 is 1.23 bits per heavy atom. The molecule has 5 heteroatoms. The van der Waals surface area contributed by atoms with Crippen LogP contribution in [0.1, 0.15) is 37.7 Å². The molecule has 1 atom stereocenters. The maximum atomic E-state index is 12.8. The lowest BCUT2D eigenvalue weighted by Crippen LogP contribution is -2.46. The zero-order chi connectivity index (χ0) is 18.2. The first-order chi connectivity index (χ1) is 12.7. The lowest BCUT2D eigenvalue weighted by molar-refractivity contribution is -0.142. The fourth-order valence-corrected chi connectivity index (χ4v) is 3.48. The summed E-state index contributed by atoms with van der Waals surface area (Å²) in [6.07, 6.45) is 8.68. The summed E-state index contributed by atoms with van der Waals surface area (Å²) >= 11 is 0. The van der Waals surface area contributed by atoms with Gasteiger partial charge in [-0.15, -0.1) is 0 Å². The molecule has 1 aromatic carbocycles. The van der Waals surface area contributed by atoms with Crippen LogP contribution in [0.2, 0.25) is 0 Å². The largest absolute Gasteiger partial charge is 0.376 e. The van der Waals surface area contributed by atoms with Crippen LogP contribution in [-0.4, -0.2) is 60.5 Å². The van der Waals surface area contributed by atoms with Crippen LogP contribution in [0.5, 0.6) is 0 Å². The van der Waals surface area contributed by atoms with Crippen LogP contribution in [0, 0.1) is 0 Å². The van der Waals surface area contributed by atoms with Gasteiger partial charge in [0.15, 0.2) is 0 Å². The Labute approximate surface area is 155 Å². The van der Waals surface area contributed by atoms with E-state index >= 15 is 0 Å². The number of amides is 2. The maximum Gasteiger partial charge on any atom is 0.242 e. The van der Waals surface area contributed by atoms with Crippen molar-refractivity contribution in [3.63, 3.8) is 0 Å². The Kier molecular flexibility index (Phi) is 6.83. The van der Waals surface area contributed by atoms with Gasteiger partial charge in [0, 0.05) is 32.7 Å². The quantitative estimate of drug-likeness (QED) is 0.755. The van der Waals surface area contributed by atoms with Gasteiger partial charge in [-0.2, -0.15) is 0 Å². The van der Waals surface area contributed by atoms with Gasteiger partial charge in [0.2, 0.25) is 11.8 Å². The zero-order valence-corrected chi connectivity index (χ0v) is 15.3. The Bertz CT molecular complexity index is 623. The van der Waals surface area contributed by atoms with Crippen molar-refractivity contribution in [3.8, 4) is 0 Å². The van der Waals surface area contributed by atoms with E-state index in [1.54, 1.807) is 4.90 Å². The molecule has 0 unspecified atom stereocenters. The number of carbonyl (C=O) groups is 2. The highest BCUT2D eigenvalue weighted by Gasteiger charge is 2.26. The fraction of sp³-hybridized carbons (Fsp3) is 0.524. The third-order valence-corrected chi connectivity index (χ3v) is 4.98. The Morgan fingerprint density at radius 2 is 2.08 bits per heavy atom. The summed E-state index contributed by atoms with van der Waals surface area (Å²) in [5.74, 6) is 0.106. The smallest absolute Gasteiger partial charge is 0.242 e. The van der Waals surface area contributed by atoms with Crippen molar-refractivity contribution in [1.82, 2.24) is 9.80 Å². The highest BCUT2D eigenvalue weighted by molar-refractivity contribution is 5.85. The molecule has 0 spiro atoms. The molecule has 2 fully saturated rings. The molecular weight excluding hydrogens is 328 g/mol. The molecule has 0 aliphatic carbocycles. The van der Waals surface area contributed by atoms with Crippen molar-refractivity contribution in [1.29, 1.82) is 0 Å². The molecule has 3 rings (SSSR count). The summed E-state index contributed by atoms with van der Waals surface area (Å²) in [4.78, 5) is 28.4. The topological polar surface area (TPSA) is 49.9 Å². The lowest BCUT2D eigenvalue weighted by Gasteiger charge is -2.30. The van der Waals surface area contributed by atoms with E-state index in [2.05, 4.69) is 0 Å². The van der Waals surface area contributed by atoms with Crippen molar-refractivity contribution in [2.24, 2.45) is 0 Å².